The van der Waals surface area contributed by atoms with Crippen LogP contribution in [0.4, 0.5) is 0 Å². The molecule has 2 bridgehead atoms. The largest absolute Gasteiger partial charge is 0.381 e. The zero-order chi connectivity index (χ0) is 21.6. The molecule has 174 valence electrons. The Morgan fingerprint density at radius 1 is 1.19 bits per heavy atom. The summed E-state index contributed by atoms with van der Waals surface area (Å²) >= 11 is 0. The molecule has 0 aromatic rings. The number of ether oxygens (including phenoxy) is 2. The molecule has 1 aliphatic carbocycles. The van der Waals surface area contributed by atoms with E-state index in [1.165, 1.54) is 38.5 Å². The van der Waals surface area contributed by atoms with E-state index >= 15 is 0 Å². The van der Waals surface area contributed by atoms with Crippen LogP contribution in [0.25, 0.3) is 0 Å². The Bertz CT molecular complexity index is 726. The van der Waals surface area contributed by atoms with Crippen LogP contribution in [0.2, 0.25) is 0 Å². The summed E-state index contributed by atoms with van der Waals surface area (Å²) < 4.78 is 12.0. The Balaban J connectivity index is 1.18. The van der Waals surface area contributed by atoms with Crippen molar-refractivity contribution in [3.05, 3.63) is 11.1 Å². The summed E-state index contributed by atoms with van der Waals surface area (Å²) in [7, 11) is 0. The van der Waals surface area contributed by atoms with Crippen molar-refractivity contribution in [1.82, 2.24) is 10.2 Å². The molecule has 0 aromatic carbocycles. The zero-order valence-corrected chi connectivity index (χ0v) is 19.9. The van der Waals surface area contributed by atoms with E-state index in [0.29, 0.717) is 23.4 Å². The van der Waals surface area contributed by atoms with Gasteiger partial charge in [-0.1, -0.05) is 25.0 Å². The summed E-state index contributed by atoms with van der Waals surface area (Å²) in [4.78, 5) is 15.3. The van der Waals surface area contributed by atoms with Crippen molar-refractivity contribution in [2.24, 2.45) is 23.2 Å². The molecule has 2 unspecified atom stereocenters. The van der Waals surface area contributed by atoms with Gasteiger partial charge in [0, 0.05) is 57.1 Å². The molecule has 0 aromatic heterocycles. The highest BCUT2D eigenvalue weighted by Gasteiger charge is 2.62. The quantitative estimate of drug-likeness (QED) is 0.649. The van der Waals surface area contributed by atoms with E-state index in [1.807, 2.05) is 0 Å². The van der Waals surface area contributed by atoms with Crippen molar-refractivity contribution in [3.8, 4) is 0 Å². The SMILES string of the molecule is CC1=C(CCN2C[C@H]3C(CNC(=O)C4CCOCC4)C4CC[C@]3(C2)O4)C(C)(C)CCC1. The minimum atomic E-state index is 0.0598. The Morgan fingerprint density at radius 2 is 2.00 bits per heavy atom. The maximum absolute atomic E-state index is 12.7. The summed E-state index contributed by atoms with van der Waals surface area (Å²) in [5, 5.41) is 3.30. The van der Waals surface area contributed by atoms with Gasteiger partial charge in [0.15, 0.2) is 0 Å². The second-order valence-electron chi connectivity index (χ2n) is 11.6. The van der Waals surface area contributed by atoms with Gasteiger partial charge >= 0.3 is 0 Å². The van der Waals surface area contributed by atoms with E-state index < -0.39 is 0 Å². The maximum atomic E-state index is 12.7. The summed E-state index contributed by atoms with van der Waals surface area (Å²) in [6.07, 6.45) is 9.60. The van der Waals surface area contributed by atoms with Crippen LogP contribution in [0.15, 0.2) is 11.1 Å². The third-order valence-corrected chi connectivity index (χ3v) is 9.32. The minimum absolute atomic E-state index is 0.0598. The lowest BCUT2D eigenvalue weighted by Gasteiger charge is -2.35. The second-order valence-corrected chi connectivity index (χ2v) is 11.6. The Labute approximate surface area is 188 Å². The molecular formula is C26H42N2O3. The van der Waals surface area contributed by atoms with Crippen molar-refractivity contribution < 1.29 is 14.3 Å². The van der Waals surface area contributed by atoms with Gasteiger partial charge in [0.1, 0.15) is 0 Å². The van der Waals surface area contributed by atoms with Gasteiger partial charge in [-0.15, -0.1) is 0 Å². The number of nitrogens with one attached hydrogen (secondary N) is 1. The first-order chi connectivity index (χ1) is 14.9. The van der Waals surface area contributed by atoms with Crippen LogP contribution in [-0.2, 0) is 14.3 Å². The molecule has 31 heavy (non-hydrogen) atoms. The molecule has 5 rings (SSSR count). The summed E-state index contributed by atoms with van der Waals surface area (Å²) in [5.74, 6) is 1.43. The number of hydrogen-bond donors (Lipinski definition) is 1. The van der Waals surface area contributed by atoms with E-state index in [9.17, 15) is 4.79 Å². The smallest absolute Gasteiger partial charge is 0.223 e. The van der Waals surface area contributed by atoms with Gasteiger partial charge in [-0.3, -0.25) is 9.69 Å². The highest BCUT2D eigenvalue weighted by Crippen LogP contribution is 2.55. The van der Waals surface area contributed by atoms with Gasteiger partial charge in [0.05, 0.1) is 11.7 Å². The fourth-order valence-corrected chi connectivity index (χ4v) is 7.55. The zero-order valence-electron chi connectivity index (χ0n) is 19.9. The third kappa shape index (κ3) is 4.11. The second kappa shape index (κ2) is 8.46. The summed E-state index contributed by atoms with van der Waals surface area (Å²) in [5.41, 5.74) is 3.77. The predicted octanol–water partition coefficient (Wildman–Crippen LogP) is 3.93. The molecule has 4 aliphatic heterocycles. The van der Waals surface area contributed by atoms with Crippen LogP contribution >= 0.6 is 0 Å². The fourth-order valence-electron chi connectivity index (χ4n) is 7.55. The van der Waals surface area contributed by atoms with Crippen LogP contribution in [0, 0.1) is 23.2 Å². The van der Waals surface area contributed by atoms with Gasteiger partial charge in [0.25, 0.3) is 0 Å². The lowest BCUT2D eigenvalue weighted by Crippen LogP contribution is -2.43. The Kier molecular flexibility index (Phi) is 5.98. The number of allylic oxidation sites excluding steroid dienone is 1. The number of hydrogen-bond acceptors (Lipinski definition) is 4. The molecule has 5 heteroatoms. The summed E-state index contributed by atoms with van der Waals surface area (Å²) in [6.45, 7) is 12.8. The van der Waals surface area contributed by atoms with E-state index in [2.05, 4.69) is 31.0 Å². The van der Waals surface area contributed by atoms with E-state index in [4.69, 9.17) is 9.47 Å². The molecular weight excluding hydrogens is 388 g/mol. The van der Waals surface area contributed by atoms with Gasteiger partial charge in [-0.05, 0) is 63.7 Å². The van der Waals surface area contributed by atoms with Gasteiger partial charge in [-0.2, -0.15) is 0 Å². The molecule has 4 saturated heterocycles. The molecule has 1 spiro atoms. The fraction of sp³-hybridized carbons (Fsp3) is 0.885. The van der Waals surface area contributed by atoms with Gasteiger partial charge in [0.2, 0.25) is 5.91 Å². The minimum Gasteiger partial charge on any atom is -0.381 e. The lowest BCUT2D eigenvalue weighted by atomic mass is 9.71. The molecule has 1 amide bonds. The highest BCUT2D eigenvalue weighted by atomic mass is 16.5. The molecule has 4 fully saturated rings. The van der Waals surface area contributed by atoms with Crippen molar-refractivity contribution in [3.63, 3.8) is 0 Å². The number of amides is 1. The predicted molar refractivity (Wildman–Crippen MR) is 122 cm³/mol. The first-order valence-corrected chi connectivity index (χ1v) is 12.8. The normalized spacial score (nSPS) is 38.0. The Hall–Kier alpha value is -0.910. The first-order valence-electron chi connectivity index (χ1n) is 12.8. The average Bonchev–Trinajstić information content (AvgIpc) is 3.40. The molecule has 1 N–H and O–H groups in total. The highest BCUT2D eigenvalue weighted by molar-refractivity contribution is 5.78. The monoisotopic (exact) mass is 430 g/mol. The van der Waals surface area contributed by atoms with Gasteiger partial charge < -0.3 is 14.8 Å². The van der Waals surface area contributed by atoms with E-state index in [-0.39, 0.29) is 17.4 Å². The van der Waals surface area contributed by atoms with Gasteiger partial charge in [-0.25, -0.2) is 0 Å². The van der Waals surface area contributed by atoms with E-state index in [1.54, 1.807) is 11.1 Å². The third-order valence-electron chi connectivity index (χ3n) is 9.32. The van der Waals surface area contributed by atoms with E-state index in [0.717, 1.165) is 52.2 Å². The molecule has 5 aliphatic rings. The number of likely N-dealkylation sites (tertiary alicyclic amines) is 1. The number of nitrogens with zero attached hydrogens (tertiary/aromatic N) is 1. The van der Waals surface area contributed by atoms with Crippen molar-refractivity contribution in [1.29, 1.82) is 0 Å². The summed E-state index contributed by atoms with van der Waals surface area (Å²) in [6, 6.07) is 0. The number of rotatable bonds is 6. The molecule has 4 heterocycles. The van der Waals surface area contributed by atoms with Crippen molar-refractivity contribution >= 4 is 5.91 Å². The topological polar surface area (TPSA) is 50.8 Å². The maximum Gasteiger partial charge on any atom is 0.223 e. The standard InChI is InChI=1S/C26H42N2O3/c1-18-5-4-10-25(2,3)21(18)7-12-28-16-22-20(23-6-11-26(22,17-28)31-23)15-27-24(29)19-8-13-30-14-9-19/h19-20,22-23H,4-17H2,1-3H3,(H,27,29)/t20?,22-,23?,26+/m0/s1. The van der Waals surface area contributed by atoms with Crippen LogP contribution in [0.1, 0.15) is 72.1 Å². The van der Waals surface area contributed by atoms with Crippen LogP contribution in [-0.4, -0.2) is 61.9 Å². The van der Waals surface area contributed by atoms with Crippen LogP contribution in [0.5, 0.6) is 0 Å². The number of carbonyl (C=O) groups excluding carboxylic acids is 1. The molecule has 0 radical (unpaired) electrons. The first kappa shape index (κ1) is 21.9. The van der Waals surface area contributed by atoms with Crippen LogP contribution < -0.4 is 5.32 Å². The molecule has 5 nitrogen and oxygen atoms in total. The number of carbonyl (C=O) groups is 1. The molecule has 4 atom stereocenters. The average molecular weight is 431 g/mol. The Morgan fingerprint density at radius 3 is 2.77 bits per heavy atom. The van der Waals surface area contributed by atoms with Crippen molar-refractivity contribution in [2.75, 3.05) is 39.4 Å². The lowest BCUT2D eigenvalue weighted by molar-refractivity contribution is -0.128. The molecule has 0 saturated carbocycles. The van der Waals surface area contributed by atoms with Crippen molar-refractivity contribution in [2.45, 2.75) is 83.8 Å². The van der Waals surface area contributed by atoms with Crippen LogP contribution in [0.3, 0.4) is 0 Å². The number of fused-ring (bicyclic) bond motifs is 1.